The van der Waals surface area contributed by atoms with Crippen LogP contribution >= 0.6 is 0 Å². The third kappa shape index (κ3) is 1.87. The Bertz CT molecular complexity index is 617. The van der Waals surface area contributed by atoms with Crippen LogP contribution in [0.3, 0.4) is 0 Å². The van der Waals surface area contributed by atoms with E-state index in [1.807, 2.05) is 25.1 Å². The number of anilines is 1. The summed E-state index contributed by atoms with van der Waals surface area (Å²) in [4.78, 5) is 16.1. The number of benzene rings is 1. The minimum absolute atomic E-state index is 0.273. The lowest BCUT2D eigenvalue weighted by atomic mass is 10.0. The van der Waals surface area contributed by atoms with Gasteiger partial charge in [0.15, 0.2) is 5.70 Å². The highest BCUT2D eigenvalue weighted by Gasteiger charge is 2.29. The maximum Gasteiger partial charge on any atom is 0.357 e. The van der Waals surface area contributed by atoms with Crippen molar-refractivity contribution in [2.24, 2.45) is 4.99 Å². The number of ether oxygens (including phenoxy) is 2. The molecule has 0 saturated carbocycles. The molecule has 0 atom stereocenters. The van der Waals surface area contributed by atoms with Gasteiger partial charge in [0.2, 0.25) is 0 Å². The Balaban J connectivity index is 2.19. The van der Waals surface area contributed by atoms with E-state index in [-0.39, 0.29) is 12.6 Å². The van der Waals surface area contributed by atoms with Crippen LogP contribution in [-0.4, -0.2) is 25.5 Å². The Labute approximate surface area is 110 Å². The average molecular weight is 258 g/mol. The van der Waals surface area contributed by atoms with Gasteiger partial charge in [-0.25, -0.2) is 9.79 Å². The van der Waals surface area contributed by atoms with Crippen molar-refractivity contribution in [1.82, 2.24) is 0 Å². The lowest BCUT2D eigenvalue weighted by Crippen LogP contribution is -2.12. The van der Waals surface area contributed by atoms with Gasteiger partial charge in [0.05, 0.1) is 12.8 Å². The molecule has 1 aromatic rings. The van der Waals surface area contributed by atoms with Crippen LogP contribution in [0, 0.1) is 0 Å². The largest absolute Gasteiger partial charge is 0.497 e. The van der Waals surface area contributed by atoms with Gasteiger partial charge in [0.25, 0.3) is 0 Å². The van der Waals surface area contributed by atoms with E-state index < -0.39 is 0 Å². The molecule has 0 spiro atoms. The van der Waals surface area contributed by atoms with Crippen LogP contribution in [0.5, 0.6) is 5.75 Å². The summed E-state index contributed by atoms with van der Waals surface area (Å²) in [6, 6.07) is 5.69. The molecule has 0 radical (unpaired) electrons. The van der Waals surface area contributed by atoms with Gasteiger partial charge in [-0.3, -0.25) is 0 Å². The number of amidine groups is 1. The number of fused-ring (bicyclic) bond motifs is 2. The second kappa shape index (κ2) is 4.42. The van der Waals surface area contributed by atoms with Crippen LogP contribution in [0.15, 0.2) is 28.9 Å². The lowest BCUT2D eigenvalue weighted by molar-refractivity contribution is -0.135. The van der Waals surface area contributed by atoms with Crippen LogP contribution in [-0.2, 0) is 9.53 Å². The molecule has 3 rings (SSSR count). The van der Waals surface area contributed by atoms with Crippen molar-refractivity contribution >= 4 is 23.1 Å². The first-order valence-corrected chi connectivity index (χ1v) is 6.16. The second-order valence-electron chi connectivity index (χ2n) is 4.35. The van der Waals surface area contributed by atoms with Gasteiger partial charge in [-0.05, 0) is 12.1 Å². The molecular weight excluding hydrogens is 244 g/mol. The van der Waals surface area contributed by atoms with E-state index in [0.717, 1.165) is 28.4 Å². The first-order chi connectivity index (χ1) is 9.22. The summed E-state index contributed by atoms with van der Waals surface area (Å²) in [6.07, 6.45) is 0.709. The van der Waals surface area contributed by atoms with Crippen LogP contribution in [0.1, 0.15) is 18.9 Å². The predicted molar refractivity (Wildman–Crippen MR) is 72.2 cm³/mol. The monoisotopic (exact) mass is 258 g/mol. The number of hydrogen-bond donors (Lipinski definition) is 1. The fraction of sp³-hybridized carbons (Fsp3) is 0.286. The average Bonchev–Trinajstić information content (AvgIpc) is 2.71. The quantitative estimate of drug-likeness (QED) is 0.826. The SMILES string of the molecule is CCC1=NC2=C(COC2=O)c2ccc(OC)cc2N1. The second-order valence-corrected chi connectivity index (χ2v) is 4.35. The number of carbonyl (C=O) groups excluding carboxylic acids is 1. The molecular formula is C14H14N2O3. The summed E-state index contributed by atoms with van der Waals surface area (Å²) in [5.74, 6) is 1.15. The lowest BCUT2D eigenvalue weighted by Gasteiger charge is -2.12. The predicted octanol–water partition coefficient (Wildman–Crippen LogP) is 2.20. The number of esters is 1. The van der Waals surface area contributed by atoms with Crippen LogP contribution in [0.25, 0.3) is 5.57 Å². The standard InChI is InChI=1S/C14H14N2O3/c1-3-12-15-11-6-8(18-2)4-5-9(11)10-7-19-14(17)13(10)16-12/h4-6H,3,7H2,1-2H3,(H,15,16). The Hall–Kier alpha value is -2.30. The van der Waals surface area contributed by atoms with Gasteiger partial charge < -0.3 is 14.8 Å². The zero-order valence-electron chi connectivity index (χ0n) is 10.8. The Morgan fingerprint density at radius 1 is 1.47 bits per heavy atom. The summed E-state index contributed by atoms with van der Waals surface area (Å²) >= 11 is 0. The van der Waals surface area contributed by atoms with E-state index in [1.165, 1.54) is 0 Å². The number of hydrogen-bond acceptors (Lipinski definition) is 5. The summed E-state index contributed by atoms with van der Waals surface area (Å²) in [7, 11) is 1.63. The molecule has 2 aliphatic heterocycles. The first-order valence-electron chi connectivity index (χ1n) is 6.16. The van der Waals surface area contributed by atoms with Crippen molar-refractivity contribution in [3.63, 3.8) is 0 Å². The van der Waals surface area contributed by atoms with E-state index in [4.69, 9.17) is 9.47 Å². The smallest absolute Gasteiger partial charge is 0.357 e. The molecule has 5 nitrogen and oxygen atoms in total. The van der Waals surface area contributed by atoms with Crippen molar-refractivity contribution in [3.8, 4) is 5.75 Å². The number of cyclic esters (lactones) is 1. The Kier molecular flexibility index (Phi) is 2.74. The molecule has 0 unspecified atom stereocenters. The Morgan fingerprint density at radius 3 is 3.05 bits per heavy atom. The van der Waals surface area contributed by atoms with Crippen molar-refractivity contribution in [2.75, 3.05) is 19.0 Å². The summed E-state index contributed by atoms with van der Waals surface area (Å²) in [5.41, 5.74) is 3.07. The van der Waals surface area contributed by atoms with E-state index >= 15 is 0 Å². The number of carbonyl (C=O) groups is 1. The molecule has 98 valence electrons. The summed E-state index contributed by atoms with van der Waals surface area (Å²) < 4.78 is 10.3. The maximum absolute atomic E-state index is 11.7. The summed E-state index contributed by atoms with van der Waals surface area (Å²) in [6.45, 7) is 2.26. The van der Waals surface area contributed by atoms with Gasteiger partial charge in [0, 0.05) is 23.6 Å². The van der Waals surface area contributed by atoms with E-state index in [0.29, 0.717) is 12.1 Å². The molecule has 1 N–H and O–H groups in total. The fourth-order valence-corrected chi connectivity index (χ4v) is 2.22. The van der Waals surface area contributed by atoms with Crippen molar-refractivity contribution in [2.45, 2.75) is 13.3 Å². The third-order valence-corrected chi connectivity index (χ3v) is 3.24. The Morgan fingerprint density at radius 2 is 2.32 bits per heavy atom. The molecule has 0 saturated heterocycles. The molecule has 5 heteroatoms. The molecule has 0 aromatic heterocycles. The molecule has 0 amide bonds. The molecule has 1 aromatic carbocycles. The molecule has 0 fully saturated rings. The zero-order valence-corrected chi connectivity index (χ0v) is 10.8. The van der Waals surface area contributed by atoms with Gasteiger partial charge in [-0.1, -0.05) is 6.92 Å². The van der Waals surface area contributed by atoms with Crippen molar-refractivity contribution < 1.29 is 14.3 Å². The highest BCUT2D eigenvalue weighted by molar-refractivity contribution is 6.10. The van der Waals surface area contributed by atoms with Crippen molar-refractivity contribution in [3.05, 3.63) is 29.5 Å². The fourth-order valence-electron chi connectivity index (χ4n) is 2.22. The topological polar surface area (TPSA) is 59.9 Å². The molecule has 2 aliphatic rings. The molecule has 0 bridgehead atoms. The van der Waals surface area contributed by atoms with Crippen LogP contribution in [0.2, 0.25) is 0 Å². The first kappa shape index (κ1) is 11.8. The number of nitrogens with one attached hydrogen (secondary N) is 1. The van der Waals surface area contributed by atoms with Gasteiger partial charge in [0.1, 0.15) is 18.2 Å². The summed E-state index contributed by atoms with van der Waals surface area (Å²) in [5, 5.41) is 3.25. The molecule has 2 heterocycles. The number of aliphatic imine (C=N–C) groups is 1. The van der Waals surface area contributed by atoms with Gasteiger partial charge in [-0.15, -0.1) is 0 Å². The van der Waals surface area contributed by atoms with E-state index in [1.54, 1.807) is 7.11 Å². The third-order valence-electron chi connectivity index (χ3n) is 3.24. The van der Waals surface area contributed by atoms with Crippen LogP contribution < -0.4 is 10.1 Å². The van der Waals surface area contributed by atoms with Crippen molar-refractivity contribution in [1.29, 1.82) is 0 Å². The number of methoxy groups -OCH3 is 1. The minimum atomic E-state index is -0.355. The highest BCUT2D eigenvalue weighted by Crippen LogP contribution is 2.36. The minimum Gasteiger partial charge on any atom is -0.497 e. The molecule has 0 aliphatic carbocycles. The highest BCUT2D eigenvalue weighted by atomic mass is 16.5. The normalized spacial score (nSPS) is 16.9. The number of nitrogens with zero attached hydrogens (tertiary/aromatic N) is 1. The van der Waals surface area contributed by atoms with Crippen LogP contribution in [0.4, 0.5) is 5.69 Å². The number of rotatable bonds is 2. The van der Waals surface area contributed by atoms with E-state index in [9.17, 15) is 4.79 Å². The van der Waals surface area contributed by atoms with Gasteiger partial charge in [-0.2, -0.15) is 0 Å². The van der Waals surface area contributed by atoms with E-state index in [2.05, 4.69) is 10.3 Å². The molecule has 19 heavy (non-hydrogen) atoms. The van der Waals surface area contributed by atoms with Gasteiger partial charge >= 0.3 is 5.97 Å². The zero-order chi connectivity index (χ0) is 13.4. The maximum atomic E-state index is 11.7.